The first-order valence-corrected chi connectivity index (χ1v) is 8.90. The second-order valence-electron chi connectivity index (χ2n) is 6.09. The smallest absolute Gasteiger partial charge is 0.229 e. The van der Waals surface area contributed by atoms with Crippen LogP contribution in [0, 0.1) is 6.92 Å². The number of aromatic nitrogens is 2. The maximum absolute atomic E-state index is 6.19. The van der Waals surface area contributed by atoms with Crippen molar-refractivity contribution in [3.8, 4) is 5.75 Å². The number of aryl methyl sites for hydroxylation is 1. The van der Waals surface area contributed by atoms with E-state index in [0.717, 1.165) is 49.9 Å². The van der Waals surface area contributed by atoms with Gasteiger partial charge < -0.3 is 19.9 Å². The molecule has 2 heterocycles. The molecule has 0 amide bonds. The molecule has 0 saturated carbocycles. The number of halogens is 1. The minimum atomic E-state index is 0.552. The number of methoxy groups -OCH3 is 1. The minimum absolute atomic E-state index is 0.552. The second kappa shape index (κ2) is 7.89. The molecule has 1 fully saturated rings. The van der Waals surface area contributed by atoms with E-state index >= 15 is 0 Å². The van der Waals surface area contributed by atoms with E-state index in [1.54, 1.807) is 7.11 Å². The SMILES string of the molecule is CCN1CCN(c2cc(C)nc(Nc3ccc(OC)c(Cl)c3)n2)CC1. The van der Waals surface area contributed by atoms with Gasteiger partial charge in [0.25, 0.3) is 0 Å². The van der Waals surface area contributed by atoms with Crippen LogP contribution in [0.15, 0.2) is 24.3 Å². The van der Waals surface area contributed by atoms with Gasteiger partial charge in [0.05, 0.1) is 12.1 Å². The van der Waals surface area contributed by atoms with Gasteiger partial charge in [-0.05, 0) is 31.7 Å². The molecular formula is C18H24ClN5O. The van der Waals surface area contributed by atoms with E-state index < -0.39 is 0 Å². The van der Waals surface area contributed by atoms with Gasteiger partial charge in [-0.1, -0.05) is 18.5 Å². The number of anilines is 3. The van der Waals surface area contributed by atoms with E-state index in [-0.39, 0.29) is 0 Å². The Bertz CT molecular complexity index is 731. The van der Waals surface area contributed by atoms with E-state index in [0.29, 0.717) is 16.7 Å². The maximum Gasteiger partial charge on any atom is 0.229 e. The van der Waals surface area contributed by atoms with Crippen molar-refractivity contribution in [2.45, 2.75) is 13.8 Å². The molecule has 6 nitrogen and oxygen atoms in total. The highest BCUT2D eigenvalue weighted by Crippen LogP contribution is 2.28. The summed E-state index contributed by atoms with van der Waals surface area (Å²) in [4.78, 5) is 13.9. The lowest BCUT2D eigenvalue weighted by molar-refractivity contribution is 0.270. The number of rotatable bonds is 5. The van der Waals surface area contributed by atoms with Gasteiger partial charge in [0.15, 0.2) is 0 Å². The minimum Gasteiger partial charge on any atom is -0.495 e. The molecule has 1 aromatic heterocycles. The standard InChI is InChI=1S/C18H24ClN5O/c1-4-23-7-9-24(10-8-23)17-11-13(2)20-18(22-17)21-14-5-6-16(25-3)15(19)12-14/h5-6,11-12H,4,7-10H2,1-3H3,(H,20,21,22). The third kappa shape index (κ3) is 4.32. The zero-order valence-corrected chi connectivity index (χ0v) is 15.7. The molecule has 0 spiro atoms. The first-order valence-electron chi connectivity index (χ1n) is 8.52. The molecule has 7 heteroatoms. The number of likely N-dealkylation sites (N-methyl/N-ethyl adjacent to an activating group) is 1. The lowest BCUT2D eigenvalue weighted by Gasteiger charge is -2.34. The predicted molar refractivity (Wildman–Crippen MR) is 102 cm³/mol. The van der Waals surface area contributed by atoms with Crippen LogP contribution in [0.1, 0.15) is 12.6 Å². The first kappa shape index (κ1) is 17.8. The van der Waals surface area contributed by atoms with Gasteiger partial charge in [0.2, 0.25) is 5.95 Å². The van der Waals surface area contributed by atoms with E-state index in [9.17, 15) is 0 Å². The molecule has 1 aliphatic heterocycles. The van der Waals surface area contributed by atoms with Crippen molar-refractivity contribution < 1.29 is 4.74 Å². The Kier molecular flexibility index (Phi) is 5.60. The quantitative estimate of drug-likeness (QED) is 0.881. The third-order valence-electron chi connectivity index (χ3n) is 4.39. The monoisotopic (exact) mass is 361 g/mol. The van der Waals surface area contributed by atoms with Crippen molar-refractivity contribution in [1.29, 1.82) is 0 Å². The van der Waals surface area contributed by atoms with Gasteiger partial charge in [0.1, 0.15) is 11.6 Å². The van der Waals surface area contributed by atoms with E-state index in [1.807, 2.05) is 31.2 Å². The molecule has 1 saturated heterocycles. The summed E-state index contributed by atoms with van der Waals surface area (Å²) in [5.41, 5.74) is 1.77. The third-order valence-corrected chi connectivity index (χ3v) is 4.69. The molecule has 3 rings (SSSR count). The van der Waals surface area contributed by atoms with Crippen LogP contribution < -0.4 is 15.0 Å². The molecule has 0 unspecified atom stereocenters. The summed E-state index contributed by atoms with van der Waals surface area (Å²) in [6.45, 7) is 9.39. The Morgan fingerprint density at radius 1 is 1.16 bits per heavy atom. The van der Waals surface area contributed by atoms with Crippen molar-refractivity contribution in [1.82, 2.24) is 14.9 Å². The number of ether oxygens (including phenoxy) is 1. The van der Waals surface area contributed by atoms with E-state index in [1.165, 1.54) is 0 Å². The number of hydrogen-bond donors (Lipinski definition) is 1. The fraction of sp³-hybridized carbons (Fsp3) is 0.444. The van der Waals surface area contributed by atoms with Gasteiger partial charge in [-0.2, -0.15) is 4.98 Å². The van der Waals surface area contributed by atoms with Gasteiger partial charge in [-0.15, -0.1) is 0 Å². The van der Waals surface area contributed by atoms with Crippen LogP contribution in [0.25, 0.3) is 0 Å². The van der Waals surface area contributed by atoms with Crippen LogP contribution >= 0.6 is 11.6 Å². The van der Waals surface area contributed by atoms with Crippen molar-refractivity contribution in [3.05, 3.63) is 35.0 Å². The van der Waals surface area contributed by atoms with Crippen LogP contribution in [0.4, 0.5) is 17.5 Å². The van der Waals surface area contributed by atoms with Crippen LogP contribution in [-0.4, -0.2) is 54.7 Å². The number of nitrogens with zero attached hydrogens (tertiary/aromatic N) is 4. The maximum atomic E-state index is 6.19. The highest BCUT2D eigenvalue weighted by Gasteiger charge is 2.18. The summed E-state index contributed by atoms with van der Waals surface area (Å²) in [7, 11) is 1.60. The molecular weight excluding hydrogens is 338 g/mol. The highest BCUT2D eigenvalue weighted by molar-refractivity contribution is 6.32. The summed E-state index contributed by atoms with van der Waals surface area (Å²) in [5.74, 6) is 2.19. The molecule has 1 aromatic carbocycles. The van der Waals surface area contributed by atoms with E-state index in [2.05, 4.69) is 32.0 Å². The molecule has 0 atom stereocenters. The lowest BCUT2D eigenvalue weighted by atomic mass is 10.3. The molecule has 134 valence electrons. The molecule has 1 N–H and O–H groups in total. The lowest BCUT2D eigenvalue weighted by Crippen LogP contribution is -2.46. The average Bonchev–Trinajstić information content (AvgIpc) is 2.61. The van der Waals surface area contributed by atoms with Gasteiger partial charge >= 0.3 is 0 Å². The summed E-state index contributed by atoms with van der Waals surface area (Å²) in [6, 6.07) is 7.57. The Hall–Kier alpha value is -2.05. The number of benzene rings is 1. The van der Waals surface area contributed by atoms with Gasteiger partial charge in [-0.25, -0.2) is 4.98 Å². The normalized spacial score (nSPS) is 15.3. The predicted octanol–water partition coefficient (Wildman–Crippen LogP) is 3.33. The van der Waals surface area contributed by atoms with Crippen LogP contribution in [-0.2, 0) is 0 Å². The average molecular weight is 362 g/mol. The molecule has 2 aromatic rings. The summed E-state index contributed by atoms with van der Waals surface area (Å²) in [5, 5.41) is 3.79. The van der Waals surface area contributed by atoms with Crippen LogP contribution in [0.2, 0.25) is 5.02 Å². The topological polar surface area (TPSA) is 53.5 Å². The first-order chi connectivity index (χ1) is 12.1. The summed E-state index contributed by atoms with van der Waals surface area (Å²) >= 11 is 6.19. The molecule has 0 bridgehead atoms. The Morgan fingerprint density at radius 3 is 2.56 bits per heavy atom. The second-order valence-corrected chi connectivity index (χ2v) is 6.49. The molecule has 0 aliphatic carbocycles. The van der Waals surface area contributed by atoms with Crippen molar-refractivity contribution in [2.24, 2.45) is 0 Å². The van der Waals surface area contributed by atoms with Gasteiger partial charge in [0, 0.05) is 43.6 Å². The Morgan fingerprint density at radius 2 is 1.92 bits per heavy atom. The fourth-order valence-electron chi connectivity index (χ4n) is 2.94. The molecule has 0 radical (unpaired) electrons. The fourth-order valence-corrected chi connectivity index (χ4v) is 3.19. The zero-order chi connectivity index (χ0) is 17.8. The zero-order valence-electron chi connectivity index (χ0n) is 14.9. The van der Waals surface area contributed by atoms with Crippen LogP contribution in [0.5, 0.6) is 5.75 Å². The number of piperazine rings is 1. The Labute approximate surface area is 153 Å². The van der Waals surface area contributed by atoms with E-state index in [4.69, 9.17) is 16.3 Å². The summed E-state index contributed by atoms with van der Waals surface area (Å²) in [6.07, 6.45) is 0. The highest BCUT2D eigenvalue weighted by atomic mass is 35.5. The van der Waals surface area contributed by atoms with Crippen molar-refractivity contribution in [3.63, 3.8) is 0 Å². The summed E-state index contributed by atoms with van der Waals surface area (Å²) < 4.78 is 5.18. The largest absolute Gasteiger partial charge is 0.495 e. The van der Waals surface area contributed by atoms with Crippen LogP contribution in [0.3, 0.4) is 0 Å². The van der Waals surface area contributed by atoms with Gasteiger partial charge in [-0.3, -0.25) is 0 Å². The van der Waals surface area contributed by atoms with Crippen molar-refractivity contribution in [2.75, 3.05) is 50.1 Å². The molecule has 25 heavy (non-hydrogen) atoms. The number of nitrogens with one attached hydrogen (secondary N) is 1. The van der Waals surface area contributed by atoms with Crippen molar-refractivity contribution >= 4 is 29.1 Å². The number of hydrogen-bond acceptors (Lipinski definition) is 6. The molecule has 1 aliphatic rings. The Balaban J connectivity index is 1.76.